The molecular formula is C26H30Ti. The van der Waals surface area contributed by atoms with E-state index in [4.69, 9.17) is 0 Å². The Balaban J connectivity index is 0.00000121. The molecule has 0 bridgehead atoms. The van der Waals surface area contributed by atoms with Gasteiger partial charge in [0, 0.05) is 11.3 Å². The Morgan fingerprint density at radius 3 is 2.04 bits per heavy atom. The topological polar surface area (TPSA) is 0 Å². The summed E-state index contributed by atoms with van der Waals surface area (Å²) in [5.74, 6) is 0.427. The molecule has 2 aromatic carbocycles. The zero-order valence-electron chi connectivity index (χ0n) is 16.8. The fourth-order valence-electron chi connectivity index (χ4n) is 4.60. The third-order valence-corrected chi connectivity index (χ3v) is 5.84. The van der Waals surface area contributed by atoms with Crippen molar-refractivity contribution in [3.63, 3.8) is 0 Å². The molecule has 0 fully saturated rings. The first-order chi connectivity index (χ1) is 11.8. The summed E-state index contributed by atoms with van der Waals surface area (Å²) in [6, 6.07) is 17.9. The Labute approximate surface area is 181 Å². The number of rotatable bonds is 5. The van der Waals surface area contributed by atoms with Gasteiger partial charge in [0.1, 0.15) is 0 Å². The second kappa shape index (κ2) is 9.53. The third-order valence-electron chi connectivity index (χ3n) is 5.84. The predicted octanol–water partition coefficient (Wildman–Crippen LogP) is 7.56. The molecule has 2 aliphatic rings. The third kappa shape index (κ3) is 3.84. The summed E-state index contributed by atoms with van der Waals surface area (Å²) in [5.41, 5.74) is 7.47. The first-order valence-electron chi connectivity index (χ1n) is 8.91. The van der Waals surface area contributed by atoms with E-state index in [9.17, 15) is 0 Å². The normalized spacial score (nSPS) is 16.0. The molecule has 0 N–H and O–H groups in total. The van der Waals surface area contributed by atoms with E-state index in [1.807, 2.05) is 0 Å². The van der Waals surface area contributed by atoms with Crippen LogP contribution in [-0.2, 0) is 21.7 Å². The first kappa shape index (κ1) is 23.4. The summed E-state index contributed by atoms with van der Waals surface area (Å²) in [6.45, 7) is 6.43. The largest absolute Gasteiger partial charge is 2.00 e. The number of fused-ring (bicyclic) bond motifs is 3. The average molecular weight is 390 g/mol. The molecule has 27 heavy (non-hydrogen) atoms. The number of hydrogen-bond donors (Lipinski definition) is 0. The van der Waals surface area contributed by atoms with Gasteiger partial charge in [-0.25, -0.2) is 0 Å². The molecule has 1 heteroatoms. The summed E-state index contributed by atoms with van der Waals surface area (Å²) in [5, 5.41) is 0. The van der Waals surface area contributed by atoms with Crippen molar-refractivity contribution < 1.29 is 21.7 Å². The van der Waals surface area contributed by atoms with Gasteiger partial charge in [-0.05, 0) is 41.5 Å². The van der Waals surface area contributed by atoms with E-state index >= 15 is 0 Å². The van der Waals surface area contributed by atoms with E-state index in [1.54, 1.807) is 5.57 Å². The molecular weight excluding hydrogens is 360 g/mol. The van der Waals surface area contributed by atoms with E-state index in [0.717, 1.165) is 19.3 Å². The van der Waals surface area contributed by atoms with Crippen LogP contribution < -0.4 is 0 Å². The van der Waals surface area contributed by atoms with Gasteiger partial charge in [-0.15, -0.1) is 6.58 Å². The maximum absolute atomic E-state index is 3.97. The maximum Gasteiger partial charge on any atom is 2.00 e. The molecule has 0 aliphatic heterocycles. The molecule has 0 saturated carbocycles. The second-order valence-electron chi connectivity index (χ2n) is 7.18. The van der Waals surface area contributed by atoms with E-state index in [2.05, 4.69) is 86.3 Å². The summed E-state index contributed by atoms with van der Waals surface area (Å²) >= 11 is 0. The van der Waals surface area contributed by atoms with Crippen molar-refractivity contribution in [3.05, 3.63) is 111 Å². The van der Waals surface area contributed by atoms with Crippen molar-refractivity contribution >= 4 is 0 Å². The Bertz CT molecular complexity index is 797. The average Bonchev–Trinajstić information content (AvgIpc) is 3.26. The van der Waals surface area contributed by atoms with E-state index in [0.29, 0.717) is 5.92 Å². The zero-order valence-corrected chi connectivity index (χ0v) is 18.4. The van der Waals surface area contributed by atoms with Crippen molar-refractivity contribution in [3.8, 4) is 11.1 Å². The van der Waals surface area contributed by atoms with Crippen LogP contribution in [0.1, 0.15) is 43.2 Å². The van der Waals surface area contributed by atoms with Crippen LogP contribution in [0.15, 0.2) is 85.0 Å². The summed E-state index contributed by atoms with van der Waals surface area (Å²) < 4.78 is 0. The molecule has 4 rings (SSSR count). The van der Waals surface area contributed by atoms with E-state index < -0.39 is 0 Å². The Kier molecular flexibility index (Phi) is 8.27. The molecule has 1 atom stereocenters. The van der Waals surface area contributed by atoms with Gasteiger partial charge in [-0.2, -0.15) is 0 Å². The quantitative estimate of drug-likeness (QED) is 0.281. The van der Waals surface area contributed by atoms with Crippen LogP contribution in [-0.4, -0.2) is 0 Å². The molecule has 0 amide bonds. The molecule has 2 aromatic rings. The second-order valence-corrected chi connectivity index (χ2v) is 7.18. The minimum atomic E-state index is 0. The van der Waals surface area contributed by atoms with Crippen molar-refractivity contribution in [2.24, 2.45) is 5.41 Å². The monoisotopic (exact) mass is 390 g/mol. The number of benzene rings is 2. The van der Waals surface area contributed by atoms with Gasteiger partial charge in [0.05, 0.1) is 0 Å². The van der Waals surface area contributed by atoms with Gasteiger partial charge in [-0.1, -0.05) is 85.3 Å². The van der Waals surface area contributed by atoms with Crippen LogP contribution in [0.2, 0.25) is 0 Å². The molecule has 0 aromatic heterocycles. The number of allylic oxidation sites excluding steroid dienone is 5. The smallest absolute Gasteiger partial charge is 0.358 e. The Morgan fingerprint density at radius 1 is 1.00 bits per heavy atom. The fraction of sp³-hybridized carbons (Fsp3) is 0.231. The van der Waals surface area contributed by atoms with Gasteiger partial charge in [0.15, 0.2) is 0 Å². The van der Waals surface area contributed by atoms with Crippen LogP contribution in [0.4, 0.5) is 0 Å². The molecule has 0 radical (unpaired) electrons. The Hall–Kier alpha value is -1.63. The van der Waals surface area contributed by atoms with Crippen LogP contribution in [0.5, 0.6) is 0 Å². The van der Waals surface area contributed by atoms with Crippen molar-refractivity contribution in [2.75, 3.05) is 0 Å². The van der Waals surface area contributed by atoms with Crippen LogP contribution in [0.3, 0.4) is 0 Å². The van der Waals surface area contributed by atoms with Crippen molar-refractivity contribution in [1.29, 1.82) is 0 Å². The van der Waals surface area contributed by atoms with Gasteiger partial charge in [-0.3, -0.25) is 0 Å². The molecule has 0 heterocycles. The summed E-state index contributed by atoms with van der Waals surface area (Å²) in [6.07, 6.45) is 12.2. The van der Waals surface area contributed by atoms with Gasteiger partial charge < -0.3 is 14.9 Å². The van der Waals surface area contributed by atoms with Crippen molar-refractivity contribution in [1.82, 2.24) is 0 Å². The summed E-state index contributed by atoms with van der Waals surface area (Å²) in [7, 11) is 0. The van der Waals surface area contributed by atoms with E-state index in [1.165, 1.54) is 22.3 Å². The van der Waals surface area contributed by atoms with E-state index in [-0.39, 0.29) is 42.0 Å². The minimum absolute atomic E-state index is 0. The zero-order chi connectivity index (χ0) is 16.6. The van der Waals surface area contributed by atoms with Gasteiger partial charge in [0.2, 0.25) is 0 Å². The summed E-state index contributed by atoms with van der Waals surface area (Å²) in [4.78, 5) is 0. The molecule has 2 aliphatic carbocycles. The first-order valence-corrected chi connectivity index (χ1v) is 8.91. The SMILES string of the molecule is C=CCCC(C)(C1=CC=CC1)C1c2ccccc2-c2ccccc21.[CH3-].[CH3-].[Ti+2]. The van der Waals surface area contributed by atoms with Crippen LogP contribution in [0, 0.1) is 20.3 Å². The van der Waals surface area contributed by atoms with Crippen molar-refractivity contribution in [2.45, 2.75) is 32.1 Å². The Morgan fingerprint density at radius 2 is 1.56 bits per heavy atom. The predicted molar refractivity (Wildman–Crippen MR) is 116 cm³/mol. The molecule has 0 nitrogen and oxygen atoms in total. The molecule has 1 unspecified atom stereocenters. The minimum Gasteiger partial charge on any atom is -0.358 e. The van der Waals surface area contributed by atoms with Crippen LogP contribution in [0.25, 0.3) is 11.1 Å². The standard InChI is InChI=1S/C24H24.2CH3.Ti/c1-3-4-17-24(2,18-11-5-6-12-18)23-21-15-9-7-13-19(21)20-14-8-10-16-22(20)23;;;/h3,5-11,13-16,23H,1,4,12,17H2,2H3;2*1H3;/q;2*-1;+2. The molecule has 0 saturated heterocycles. The maximum atomic E-state index is 3.97. The molecule has 0 spiro atoms. The molecule has 138 valence electrons. The number of hydrogen-bond acceptors (Lipinski definition) is 0. The van der Waals surface area contributed by atoms with Crippen LogP contribution >= 0.6 is 0 Å². The van der Waals surface area contributed by atoms with Gasteiger partial charge >= 0.3 is 21.7 Å². The fourth-order valence-corrected chi connectivity index (χ4v) is 4.60. The van der Waals surface area contributed by atoms with Gasteiger partial charge in [0.25, 0.3) is 0 Å².